The van der Waals surface area contributed by atoms with Gasteiger partial charge in [0.25, 0.3) is 0 Å². The fourth-order valence-electron chi connectivity index (χ4n) is 2.34. The topological polar surface area (TPSA) is 49.9 Å². The predicted molar refractivity (Wildman–Crippen MR) is 88.6 cm³/mol. The van der Waals surface area contributed by atoms with E-state index in [0.29, 0.717) is 31.9 Å². The lowest BCUT2D eigenvalue weighted by atomic mass is 10.2. The summed E-state index contributed by atoms with van der Waals surface area (Å²) in [6.07, 6.45) is 3.30. The first-order chi connectivity index (χ1) is 10.5. The second-order valence-electron chi connectivity index (χ2n) is 5.05. The third-order valence-corrected chi connectivity index (χ3v) is 4.13. The fourth-order valence-corrected chi connectivity index (χ4v) is 2.72. The number of ether oxygens (including phenoxy) is 1. The van der Waals surface area contributed by atoms with Crippen molar-refractivity contribution in [3.05, 3.63) is 34.3 Å². The standard InChI is InChI=1S/C16H19BrN2O3/c1-12(20)18-7-9-19(10-8-18)16(21)6-3-13-11-14(17)4-5-15(13)22-2/h3-6,11H,7-10H2,1-2H3/b6-3+. The van der Waals surface area contributed by atoms with Gasteiger partial charge in [-0.15, -0.1) is 0 Å². The Morgan fingerprint density at radius 3 is 2.41 bits per heavy atom. The minimum absolute atomic E-state index is 0.0507. The van der Waals surface area contributed by atoms with Crippen molar-refractivity contribution in [3.8, 4) is 5.75 Å². The number of nitrogens with zero attached hydrogens (tertiary/aromatic N) is 2. The molecule has 1 aliphatic rings. The third kappa shape index (κ3) is 4.10. The van der Waals surface area contributed by atoms with Crippen molar-refractivity contribution < 1.29 is 14.3 Å². The van der Waals surface area contributed by atoms with E-state index in [4.69, 9.17) is 4.74 Å². The average Bonchev–Trinajstić information content (AvgIpc) is 2.52. The van der Waals surface area contributed by atoms with Gasteiger partial charge in [0.1, 0.15) is 5.75 Å². The molecule has 0 atom stereocenters. The molecule has 1 aromatic carbocycles. The Bertz CT molecular complexity index is 593. The van der Waals surface area contributed by atoms with Gasteiger partial charge < -0.3 is 14.5 Å². The Balaban J connectivity index is 2.00. The van der Waals surface area contributed by atoms with Crippen LogP contribution in [0.15, 0.2) is 28.7 Å². The summed E-state index contributed by atoms with van der Waals surface area (Å²) in [6.45, 7) is 3.87. The van der Waals surface area contributed by atoms with E-state index in [-0.39, 0.29) is 11.8 Å². The molecule has 0 aliphatic carbocycles. The average molecular weight is 367 g/mol. The molecule has 0 aromatic heterocycles. The molecule has 0 spiro atoms. The summed E-state index contributed by atoms with van der Waals surface area (Å²) in [5, 5.41) is 0. The number of benzene rings is 1. The molecule has 0 bridgehead atoms. The van der Waals surface area contributed by atoms with Crippen molar-refractivity contribution in [2.45, 2.75) is 6.92 Å². The maximum Gasteiger partial charge on any atom is 0.246 e. The molecular weight excluding hydrogens is 348 g/mol. The van der Waals surface area contributed by atoms with Gasteiger partial charge in [0.2, 0.25) is 11.8 Å². The third-order valence-electron chi connectivity index (χ3n) is 3.63. The monoisotopic (exact) mass is 366 g/mol. The first kappa shape index (κ1) is 16.5. The Morgan fingerprint density at radius 1 is 1.18 bits per heavy atom. The second kappa shape index (κ2) is 7.45. The van der Waals surface area contributed by atoms with E-state index < -0.39 is 0 Å². The summed E-state index contributed by atoms with van der Waals surface area (Å²) in [4.78, 5) is 27.0. The molecule has 6 heteroatoms. The summed E-state index contributed by atoms with van der Waals surface area (Å²) in [6, 6.07) is 5.63. The highest BCUT2D eigenvalue weighted by Gasteiger charge is 2.20. The fraction of sp³-hybridized carbons (Fsp3) is 0.375. The van der Waals surface area contributed by atoms with Crippen LogP contribution in [0.5, 0.6) is 5.75 Å². The van der Waals surface area contributed by atoms with E-state index in [1.165, 1.54) is 0 Å². The largest absolute Gasteiger partial charge is 0.496 e. The van der Waals surface area contributed by atoms with Crippen LogP contribution in [0.1, 0.15) is 12.5 Å². The lowest BCUT2D eigenvalue weighted by molar-refractivity contribution is -0.135. The lowest BCUT2D eigenvalue weighted by Gasteiger charge is -2.33. The van der Waals surface area contributed by atoms with E-state index >= 15 is 0 Å². The minimum atomic E-state index is -0.0507. The first-order valence-electron chi connectivity index (χ1n) is 7.07. The van der Waals surface area contributed by atoms with Crippen molar-refractivity contribution in [2.24, 2.45) is 0 Å². The Morgan fingerprint density at radius 2 is 1.82 bits per heavy atom. The number of halogens is 1. The summed E-state index contributed by atoms with van der Waals surface area (Å²) in [5.74, 6) is 0.723. The van der Waals surface area contributed by atoms with Crippen LogP contribution in [0.3, 0.4) is 0 Å². The molecule has 118 valence electrons. The summed E-state index contributed by atoms with van der Waals surface area (Å²) >= 11 is 3.41. The SMILES string of the molecule is COc1ccc(Br)cc1/C=C/C(=O)N1CCN(C(C)=O)CC1. The van der Waals surface area contributed by atoms with Crippen LogP contribution >= 0.6 is 15.9 Å². The Labute approximate surface area is 138 Å². The molecule has 0 radical (unpaired) electrons. The molecule has 2 rings (SSSR count). The molecule has 1 saturated heterocycles. The van der Waals surface area contributed by atoms with Crippen molar-refractivity contribution in [2.75, 3.05) is 33.3 Å². The van der Waals surface area contributed by atoms with Crippen molar-refractivity contribution >= 4 is 33.8 Å². The highest BCUT2D eigenvalue weighted by atomic mass is 79.9. The van der Waals surface area contributed by atoms with Gasteiger partial charge in [0.15, 0.2) is 0 Å². The quantitative estimate of drug-likeness (QED) is 0.770. The molecule has 0 unspecified atom stereocenters. The first-order valence-corrected chi connectivity index (χ1v) is 7.86. The summed E-state index contributed by atoms with van der Waals surface area (Å²) in [7, 11) is 1.60. The minimum Gasteiger partial charge on any atom is -0.496 e. The van der Waals surface area contributed by atoms with Gasteiger partial charge in [-0.05, 0) is 24.3 Å². The van der Waals surface area contributed by atoms with Gasteiger partial charge in [-0.1, -0.05) is 15.9 Å². The van der Waals surface area contributed by atoms with Gasteiger partial charge in [0.05, 0.1) is 7.11 Å². The molecule has 22 heavy (non-hydrogen) atoms. The second-order valence-corrected chi connectivity index (χ2v) is 5.97. The van der Waals surface area contributed by atoms with Crippen molar-refractivity contribution in [3.63, 3.8) is 0 Å². The molecule has 1 fully saturated rings. The molecule has 1 aliphatic heterocycles. The number of amides is 2. The molecule has 2 amide bonds. The zero-order chi connectivity index (χ0) is 16.1. The smallest absolute Gasteiger partial charge is 0.246 e. The zero-order valence-electron chi connectivity index (χ0n) is 12.7. The predicted octanol–water partition coefficient (Wildman–Crippen LogP) is 2.16. The van der Waals surface area contributed by atoms with E-state index in [0.717, 1.165) is 10.0 Å². The highest BCUT2D eigenvalue weighted by Crippen LogP contribution is 2.24. The van der Waals surface area contributed by atoms with E-state index in [1.807, 2.05) is 18.2 Å². The van der Waals surface area contributed by atoms with Crippen molar-refractivity contribution in [1.29, 1.82) is 0 Å². The molecule has 0 saturated carbocycles. The van der Waals surface area contributed by atoms with Gasteiger partial charge in [-0.3, -0.25) is 9.59 Å². The van der Waals surface area contributed by atoms with E-state index in [2.05, 4.69) is 15.9 Å². The van der Waals surface area contributed by atoms with Crippen LogP contribution in [-0.4, -0.2) is 54.9 Å². The molecule has 0 N–H and O–H groups in total. The highest BCUT2D eigenvalue weighted by molar-refractivity contribution is 9.10. The van der Waals surface area contributed by atoms with Crippen LogP contribution in [0, 0.1) is 0 Å². The van der Waals surface area contributed by atoms with Gasteiger partial charge >= 0.3 is 0 Å². The zero-order valence-corrected chi connectivity index (χ0v) is 14.3. The maximum atomic E-state index is 12.2. The van der Waals surface area contributed by atoms with Crippen LogP contribution in [0.4, 0.5) is 0 Å². The normalized spacial score (nSPS) is 15.2. The van der Waals surface area contributed by atoms with E-state index in [9.17, 15) is 9.59 Å². The Hall–Kier alpha value is -1.82. The lowest BCUT2D eigenvalue weighted by Crippen LogP contribution is -2.49. The van der Waals surface area contributed by atoms with Gasteiger partial charge in [0, 0.05) is 49.2 Å². The molecular formula is C16H19BrN2O3. The Kier molecular flexibility index (Phi) is 5.60. The summed E-state index contributed by atoms with van der Waals surface area (Å²) in [5.41, 5.74) is 0.840. The number of carbonyl (C=O) groups is 2. The van der Waals surface area contributed by atoms with Gasteiger partial charge in [-0.2, -0.15) is 0 Å². The van der Waals surface area contributed by atoms with Crippen molar-refractivity contribution in [1.82, 2.24) is 9.80 Å². The maximum absolute atomic E-state index is 12.2. The summed E-state index contributed by atoms with van der Waals surface area (Å²) < 4.78 is 6.20. The number of methoxy groups -OCH3 is 1. The molecule has 1 aromatic rings. The number of rotatable bonds is 3. The number of hydrogen-bond acceptors (Lipinski definition) is 3. The van der Waals surface area contributed by atoms with Crippen LogP contribution in [0.2, 0.25) is 0 Å². The number of carbonyl (C=O) groups excluding carboxylic acids is 2. The number of piperazine rings is 1. The molecule has 5 nitrogen and oxygen atoms in total. The van der Waals surface area contributed by atoms with Crippen LogP contribution in [0.25, 0.3) is 6.08 Å². The molecule has 1 heterocycles. The number of hydrogen-bond donors (Lipinski definition) is 0. The van der Waals surface area contributed by atoms with E-state index in [1.54, 1.807) is 36.0 Å². The van der Waals surface area contributed by atoms with Crippen LogP contribution in [-0.2, 0) is 9.59 Å². The van der Waals surface area contributed by atoms with Crippen LogP contribution < -0.4 is 4.74 Å². The van der Waals surface area contributed by atoms with Gasteiger partial charge in [-0.25, -0.2) is 0 Å².